The van der Waals surface area contributed by atoms with E-state index in [1.54, 1.807) is 6.20 Å². The Morgan fingerprint density at radius 1 is 1.53 bits per heavy atom. The van der Waals surface area contributed by atoms with Crippen molar-refractivity contribution in [1.29, 1.82) is 0 Å². The number of carbonyl (C=O) groups excluding carboxylic acids is 1. The molecule has 1 fully saturated rings. The second-order valence-electron chi connectivity index (χ2n) is 4.27. The summed E-state index contributed by atoms with van der Waals surface area (Å²) < 4.78 is 0. The van der Waals surface area contributed by atoms with Crippen LogP contribution in [-0.4, -0.2) is 22.0 Å². The van der Waals surface area contributed by atoms with Gasteiger partial charge in [0.05, 0.1) is 24.1 Å². The smallest absolute Gasteiger partial charge is 0.307 e. The number of hydrogen-bond acceptors (Lipinski definition) is 3. The van der Waals surface area contributed by atoms with Gasteiger partial charge in [-0.25, -0.2) is 0 Å². The van der Waals surface area contributed by atoms with Crippen molar-refractivity contribution < 1.29 is 14.7 Å². The van der Waals surface area contributed by atoms with E-state index in [-0.39, 0.29) is 11.8 Å². The van der Waals surface area contributed by atoms with Crippen LogP contribution in [0.15, 0.2) is 18.3 Å². The van der Waals surface area contributed by atoms with Crippen LogP contribution >= 0.6 is 0 Å². The standard InChI is InChI=1S/C12H14N2O3/c1-7-3-2-4-13-10(7)6-14-11(15)8-5-9(8)12(16)17/h2-4,8-9H,5-6H2,1H3,(H,14,15)(H,16,17). The van der Waals surface area contributed by atoms with Crippen molar-refractivity contribution in [2.75, 3.05) is 0 Å². The van der Waals surface area contributed by atoms with Crippen molar-refractivity contribution in [3.05, 3.63) is 29.6 Å². The minimum atomic E-state index is -0.890. The number of nitrogens with one attached hydrogen (secondary N) is 1. The quantitative estimate of drug-likeness (QED) is 0.804. The van der Waals surface area contributed by atoms with Crippen LogP contribution < -0.4 is 5.32 Å². The molecule has 2 N–H and O–H groups in total. The third-order valence-electron chi connectivity index (χ3n) is 2.99. The number of carbonyl (C=O) groups is 2. The maximum Gasteiger partial charge on any atom is 0.307 e. The average molecular weight is 234 g/mol. The summed E-state index contributed by atoms with van der Waals surface area (Å²) in [5.74, 6) is -1.95. The fourth-order valence-corrected chi connectivity index (χ4v) is 1.76. The molecule has 1 saturated carbocycles. The highest BCUT2D eigenvalue weighted by molar-refractivity contribution is 5.89. The number of aromatic nitrogens is 1. The van der Waals surface area contributed by atoms with Gasteiger partial charge in [-0.3, -0.25) is 14.6 Å². The molecule has 0 radical (unpaired) electrons. The highest BCUT2D eigenvalue weighted by Gasteiger charge is 2.48. The summed E-state index contributed by atoms with van der Waals surface area (Å²) in [5.41, 5.74) is 1.83. The number of rotatable bonds is 4. The fraction of sp³-hybridized carbons (Fsp3) is 0.417. The molecule has 0 saturated heterocycles. The molecular formula is C12H14N2O3. The number of nitrogens with zero attached hydrogens (tertiary/aromatic N) is 1. The van der Waals surface area contributed by atoms with Crippen molar-refractivity contribution in [1.82, 2.24) is 10.3 Å². The number of pyridine rings is 1. The monoisotopic (exact) mass is 234 g/mol. The lowest BCUT2D eigenvalue weighted by Gasteiger charge is -2.06. The van der Waals surface area contributed by atoms with Crippen LogP contribution in [0.1, 0.15) is 17.7 Å². The van der Waals surface area contributed by atoms with Crippen LogP contribution in [0.4, 0.5) is 0 Å². The molecule has 17 heavy (non-hydrogen) atoms. The second kappa shape index (κ2) is 4.53. The third-order valence-corrected chi connectivity index (χ3v) is 2.99. The summed E-state index contributed by atoms with van der Waals surface area (Å²) in [6, 6.07) is 3.76. The summed E-state index contributed by atoms with van der Waals surface area (Å²) in [6.45, 7) is 2.28. The van der Waals surface area contributed by atoms with E-state index in [4.69, 9.17) is 5.11 Å². The predicted molar refractivity (Wildman–Crippen MR) is 60.1 cm³/mol. The van der Waals surface area contributed by atoms with Crippen LogP contribution in [0.25, 0.3) is 0 Å². The van der Waals surface area contributed by atoms with E-state index in [9.17, 15) is 9.59 Å². The first-order chi connectivity index (χ1) is 8.09. The largest absolute Gasteiger partial charge is 0.481 e. The number of aliphatic carboxylic acids is 1. The molecule has 2 rings (SSSR count). The topological polar surface area (TPSA) is 79.3 Å². The first-order valence-electron chi connectivity index (χ1n) is 5.50. The fourth-order valence-electron chi connectivity index (χ4n) is 1.76. The molecule has 1 aromatic rings. The molecule has 0 spiro atoms. The van der Waals surface area contributed by atoms with E-state index >= 15 is 0 Å². The van der Waals surface area contributed by atoms with Gasteiger partial charge < -0.3 is 10.4 Å². The molecule has 90 valence electrons. The SMILES string of the molecule is Cc1cccnc1CNC(=O)C1CC1C(=O)O. The number of hydrogen-bond donors (Lipinski definition) is 2. The normalized spacial score (nSPS) is 21.9. The Morgan fingerprint density at radius 3 is 2.88 bits per heavy atom. The van der Waals surface area contributed by atoms with Gasteiger partial charge in [-0.2, -0.15) is 0 Å². The highest BCUT2D eigenvalue weighted by atomic mass is 16.4. The van der Waals surface area contributed by atoms with E-state index in [1.165, 1.54) is 0 Å². The van der Waals surface area contributed by atoms with Crippen LogP contribution in [0.5, 0.6) is 0 Å². The van der Waals surface area contributed by atoms with Gasteiger partial charge in [0.25, 0.3) is 0 Å². The Kier molecular flexibility index (Phi) is 3.08. The van der Waals surface area contributed by atoms with Crippen LogP contribution in [0.3, 0.4) is 0 Å². The number of carboxylic acids is 1. The van der Waals surface area contributed by atoms with Crippen LogP contribution in [0.2, 0.25) is 0 Å². The lowest BCUT2D eigenvalue weighted by atomic mass is 10.2. The molecule has 0 aromatic carbocycles. The van der Waals surface area contributed by atoms with Crippen molar-refractivity contribution >= 4 is 11.9 Å². The van der Waals surface area contributed by atoms with E-state index in [0.717, 1.165) is 11.3 Å². The zero-order valence-electron chi connectivity index (χ0n) is 9.51. The molecule has 5 nitrogen and oxygen atoms in total. The molecule has 5 heteroatoms. The van der Waals surface area contributed by atoms with E-state index in [1.807, 2.05) is 19.1 Å². The summed E-state index contributed by atoms with van der Waals surface area (Å²) in [7, 11) is 0. The number of amides is 1. The molecule has 1 aliphatic carbocycles. The molecule has 2 atom stereocenters. The van der Waals surface area contributed by atoms with E-state index in [2.05, 4.69) is 10.3 Å². The van der Waals surface area contributed by atoms with Crippen LogP contribution in [0, 0.1) is 18.8 Å². The lowest BCUT2D eigenvalue weighted by Crippen LogP contribution is -2.26. The molecule has 1 aromatic heterocycles. The Labute approximate surface area is 98.9 Å². The lowest BCUT2D eigenvalue weighted by molar-refractivity contribution is -0.140. The Balaban J connectivity index is 1.86. The van der Waals surface area contributed by atoms with Crippen molar-refractivity contribution in [3.63, 3.8) is 0 Å². The Hall–Kier alpha value is -1.91. The summed E-state index contributed by atoms with van der Waals surface area (Å²) in [5, 5.41) is 11.4. The Morgan fingerprint density at radius 2 is 2.29 bits per heavy atom. The van der Waals surface area contributed by atoms with Gasteiger partial charge in [0.1, 0.15) is 0 Å². The molecular weight excluding hydrogens is 220 g/mol. The van der Waals surface area contributed by atoms with Crippen molar-refractivity contribution in [2.45, 2.75) is 19.9 Å². The van der Waals surface area contributed by atoms with Gasteiger partial charge in [0.15, 0.2) is 0 Å². The van der Waals surface area contributed by atoms with E-state index in [0.29, 0.717) is 13.0 Å². The first kappa shape index (κ1) is 11.6. The highest BCUT2D eigenvalue weighted by Crippen LogP contribution is 2.38. The van der Waals surface area contributed by atoms with Gasteiger partial charge in [0.2, 0.25) is 5.91 Å². The minimum Gasteiger partial charge on any atom is -0.481 e. The summed E-state index contributed by atoms with van der Waals surface area (Å²) in [6.07, 6.45) is 2.12. The van der Waals surface area contributed by atoms with Gasteiger partial charge in [-0.15, -0.1) is 0 Å². The maximum absolute atomic E-state index is 11.6. The minimum absolute atomic E-state index is 0.192. The molecule has 2 unspecified atom stereocenters. The molecule has 1 heterocycles. The molecule has 1 aliphatic rings. The zero-order chi connectivity index (χ0) is 12.4. The first-order valence-corrected chi connectivity index (χ1v) is 5.50. The second-order valence-corrected chi connectivity index (χ2v) is 4.27. The molecule has 0 bridgehead atoms. The van der Waals surface area contributed by atoms with Crippen LogP contribution in [-0.2, 0) is 16.1 Å². The van der Waals surface area contributed by atoms with E-state index < -0.39 is 11.9 Å². The summed E-state index contributed by atoms with van der Waals surface area (Å²) >= 11 is 0. The van der Waals surface area contributed by atoms with Gasteiger partial charge in [0, 0.05) is 6.20 Å². The molecule has 1 amide bonds. The average Bonchev–Trinajstić information content (AvgIpc) is 3.07. The summed E-state index contributed by atoms with van der Waals surface area (Å²) in [4.78, 5) is 26.4. The van der Waals surface area contributed by atoms with Gasteiger partial charge in [-0.05, 0) is 25.0 Å². The van der Waals surface area contributed by atoms with Gasteiger partial charge >= 0.3 is 5.97 Å². The molecule has 0 aliphatic heterocycles. The number of aryl methyl sites for hydroxylation is 1. The number of carboxylic acid groups (broad SMARTS) is 1. The van der Waals surface area contributed by atoms with Crippen molar-refractivity contribution in [2.24, 2.45) is 11.8 Å². The predicted octanol–water partition coefficient (Wildman–Crippen LogP) is 0.727. The third kappa shape index (κ3) is 2.61. The van der Waals surface area contributed by atoms with Crippen molar-refractivity contribution in [3.8, 4) is 0 Å². The van der Waals surface area contributed by atoms with Gasteiger partial charge in [-0.1, -0.05) is 6.07 Å². The zero-order valence-corrected chi connectivity index (χ0v) is 9.51. The maximum atomic E-state index is 11.6. The Bertz CT molecular complexity index is 459.